The molecule has 1 unspecified atom stereocenters. The normalized spacial score (nSPS) is 13.2. The molecule has 1 rings (SSSR count). The Morgan fingerprint density at radius 2 is 1.32 bits per heavy atom. The summed E-state index contributed by atoms with van der Waals surface area (Å²) < 4.78 is 57.9. The Kier molecular flexibility index (Phi) is 9.46. The van der Waals surface area contributed by atoms with Gasteiger partial charge >= 0.3 is 0 Å². The fourth-order valence-corrected chi connectivity index (χ4v) is 3.19. The van der Waals surface area contributed by atoms with Crippen LogP contribution in [0.3, 0.4) is 0 Å². The highest BCUT2D eigenvalue weighted by Gasteiger charge is 2.43. The standard InChI is InChI=1S/C19H29F3O3/c1-5-6-7-8-9-10-11-15(19(23-2,24-3)25-4)18-16(21)12-14(20)13-17(18)22/h12-13,15H,5-11H2,1-4H3. The lowest BCUT2D eigenvalue weighted by atomic mass is 9.89. The van der Waals surface area contributed by atoms with Gasteiger partial charge in [-0.2, -0.15) is 0 Å². The number of halogens is 3. The van der Waals surface area contributed by atoms with Crippen LogP contribution >= 0.6 is 0 Å². The van der Waals surface area contributed by atoms with E-state index in [1.165, 1.54) is 27.8 Å². The Morgan fingerprint density at radius 3 is 1.80 bits per heavy atom. The van der Waals surface area contributed by atoms with Gasteiger partial charge in [-0.3, -0.25) is 0 Å². The zero-order chi connectivity index (χ0) is 18.9. The van der Waals surface area contributed by atoms with E-state index in [0.29, 0.717) is 18.6 Å². The van der Waals surface area contributed by atoms with Gasteiger partial charge in [-0.1, -0.05) is 45.4 Å². The van der Waals surface area contributed by atoms with Crippen molar-refractivity contribution in [2.75, 3.05) is 21.3 Å². The largest absolute Gasteiger partial charge is 0.330 e. The van der Waals surface area contributed by atoms with Crippen LogP contribution in [0, 0.1) is 17.5 Å². The summed E-state index contributed by atoms with van der Waals surface area (Å²) in [5.74, 6) is -5.40. The Hall–Kier alpha value is -1.11. The molecule has 0 aliphatic carbocycles. The lowest BCUT2D eigenvalue weighted by Crippen LogP contribution is -2.43. The fourth-order valence-electron chi connectivity index (χ4n) is 3.19. The van der Waals surface area contributed by atoms with Crippen LogP contribution in [-0.4, -0.2) is 27.3 Å². The maximum absolute atomic E-state index is 14.3. The van der Waals surface area contributed by atoms with Crippen molar-refractivity contribution in [1.29, 1.82) is 0 Å². The first-order valence-electron chi connectivity index (χ1n) is 8.75. The molecule has 0 bridgehead atoms. The number of unbranched alkanes of at least 4 members (excludes halogenated alkanes) is 5. The van der Waals surface area contributed by atoms with Gasteiger partial charge in [-0.05, 0) is 6.42 Å². The van der Waals surface area contributed by atoms with Crippen molar-refractivity contribution < 1.29 is 27.4 Å². The monoisotopic (exact) mass is 362 g/mol. The molecule has 0 aromatic heterocycles. The molecule has 0 aliphatic heterocycles. The lowest BCUT2D eigenvalue weighted by Gasteiger charge is -2.37. The summed E-state index contributed by atoms with van der Waals surface area (Å²) in [5.41, 5.74) is -0.277. The van der Waals surface area contributed by atoms with Crippen LogP contribution in [0.4, 0.5) is 13.2 Å². The van der Waals surface area contributed by atoms with Gasteiger partial charge in [0, 0.05) is 39.0 Å². The molecular weight excluding hydrogens is 333 g/mol. The van der Waals surface area contributed by atoms with Crippen LogP contribution < -0.4 is 0 Å². The molecule has 1 aromatic carbocycles. The van der Waals surface area contributed by atoms with Crippen LogP contribution in [0.5, 0.6) is 0 Å². The van der Waals surface area contributed by atoms with Crippen LogP contribution in [0.25, 0.3) is 0 Å². The summed E-state index contributed by atoms with van der Waals surface area (Å²) in [6, 6.07) is 1.33. The Bertz CT molecular complexity index is 487. The van der Waals surface area contributed by atoms with Gasteiger partial charge in [0.15, 0.2) is 0 Å². The third kappa shape index (κ3) is 5.69. The van der Waals surface area contributed by atoms with E-state index in [2.05, 4.69) is 6.92 Å². The van der Waals surface area contributed by atoms with Crippen molar-refractivity contribution in [3.05, 3.63) is 35.1 Å². The molecule has 0 N–H and O–H groups in total. The summed E-state index contributed by atoms with van der Waals surface area (Å²) in [7, 11) is 4.04. The van der Waals surface area contributed by atoms with Gasteiger partial charge in [0.1, 0.15) is 17.5 Å². The number of methoxy groups -OCH3 is 3. The molecule has 0 aliphatic rings. The number of rotatable bonds is 12. The minimum Gasteiger partial charge on any atom is -0.330 e. The fraction of sp³-hybridized carbons (Fsp3) is 0.684. The van der Waals surface area contributed by atoms with E-state index in [1.54, 1.807) is 0 Å². The first-order valence-corrected chi connectivity index (χ1v) is 8.75. The van der Waals surface area contributed by atoms with Gasteiger partial charge in [0.25, 0.3) is 5.97 Å². The molecule has 25 heavy (non-hydrogen) atoms. The van der Waals surface area contributed by atoms with E-state index in [4.69, 9.17) is 14.2 Å². The van der Waals surface area contributed by atoms with Crippen molar-refractivity contribution in [3.8, 4) is 0 Å². The molecule has 0 saturated heterocycles. The van der Waals surface area contributed by atoms with E-state index in [0.717, 1.165) is 32.1 Å². The van der Waals surface area contributed by atoms with Crippen molar-refractivity contribution in [2.45, 2.75) is 63.8 Å². The first kappa shape index (κ1) is 21.9. The average molecular weight is 362 g/mol. The second kappa shape index (κ2) is 10.8. The molecule has 3 nitrogen and oxygen atoms in total. The highest BCUT2D eigenvalue weighted by molar-refractivity contribution is 5.26. The maximum atomic E-state index is 14.3. The second-order valence-corrected chi connectivity index (χ2v) is 6.11. The number of benzene rings is 1. The number of hydrogen-bond acceptors (Lipinski definition) is 3. The second-order valence-electron chi connectivity index (χ2n) is 6.11. The third-order valence-electron chi connectivity index (χ3n) is 4.52. The predicted molar refractivity (Wildman–Crippen MR) is 90.8 cm³/mol. The molecule has 1 atom stereocenters. The van der Waals surface area contributed by atoms with Crippen LogP contribution in [0.1, 0.15) is 63.4 Å². The van der Waals surface area contributed by atoms with Crippen molar-refractivity contribution in [2.24, 2.45) is 0 Å². The zero-order valence-corrected chi connectivity index (χ0v) is 15.5. The van der Waals surface area contributed by atoms with Crippen LogP contribution in [0.15, 0.2) is 12.1 Å². The lowest BCUT2D eigenvalue weighted by molar-refractivity contribution is -0.365. The molecule has 0 radical (unpaired) electrons. The quantitative estimate of drug-likeness (QED) is 0.361. The van der Waals surface area contributed by atoms with E-state index in [9.17, 15) is 13.2 Å². The number of ether oxygens (including phenoxy) is 3. The third-order valence-corrected chi connectivity index (χ3v) is 4.52. The molecule has 144 valence electrons. The molecule has 0 saturated carbocycles. The Balaban J connectivity index is 3.04. The average Bonchev–Trinajstić information content (AvgIpc) is 2.58. The molecule has 0 spiro atoms. The van der Waals surface area contributed by atoms with Crippen LogP contribution in [-0.2, 0) is 14.2 Å². The summed E-state index contributed by atoms with van der Waals surface area (Å²) in [5, 5.41) is 0. The van der Waals surface area contributed by atoms with Gasteiger partial charge < -0.3 is 14.2 Å². The van der Waals surface area contributed by atoms with Gasteiger partial charge in [0.05, 0.1) is 5.92 Å². The summed E-state index contributed by atoms with van der Waals surface area (Å²) in [4.78, 5) is 0. The van der Waals surface area contributed by atoms with Gasteiger partial charge in [-0.25, -0.2) is 13.2 Å². The van der Waals surface area contributed by atoms with Crippen molar-refractivity contribution in [1.82, 2.24) is 0 Å². The zero-order valence-electron chi connectivity index (χ0n) is 15.5. The van der Waals surface area contributed by atoms with Crippen molar-refractivity contribution >= 4 is 0 Å². The Morgan fingerprint density at radius 1 is 0.840 bits per heavy atom. The first-order chi connectivity index (χ1) is 12.0. The predicted octanol–water partition coefficient (Wildman–Crippen LogP) is 5.53. The molecule has 0 heterocycles. The molecular formula is C19H29F3O3. The molecule has 1 aromatic rings. The Labute approximate surface area is 148 Å². The van der Waals surface area contributed by atoms with E-state index in [1.807, 2.05) is 0 Å². The summed E-state index contributed by atoms with van der Waals surface area (Å²) in [6.45, 7) is 2.14. The van der Waals surface area contributed by atoms with E-state index < -0.39 is 29.3 Å². The minimum atomic E-state index is -1.64. The maximum Gasteiger partial charge on any atom is 0.289 e. The highest BCUT2D eigenvalue weighted by Crippen LogP contribution is 2.39. The SMILES string of the molecule is CCCCCCCCC(c1c(F)cc(F)cc1F)C(OC)(OC)OC. The van der Waals surface area contributed by atoms with Crippen molar-refractivity contribution in [3.63, 3.8) is 0 Å². The summed E-state index contributed by atoms with van der Waals surface area (Å²) >= 11 is 0. The molecule has 0 amide bonds. The van der Waals surface area contributed by atoms with Crippen LogP contribution in [0.2, 0.25) is 0 Å². The van der Waals surface area contributed by atoms with Gasteiger partial charge in [0.2, 0.25) is 0 Å². The minimum absolute atomic E-state index is 0.277. The molecule has 6 heteroatoms. The number of hydrogen-bond donors (Lipinski definition) is 0. The van der Waals surface area contributed by atoms with Gasteiger partial charge in [-0.15, -0.1) is 0 Å². The molecule has 0 fully saturated rings. The van der Waals surface area contributed by atoms with E-state index >= 15 is 0 Å². The summed E-state index contributed by atoms with van der Waals surface area (Å²) in [6.07, 6.45) is 6.54. The topological polar surface area (TPSA) is 27.7 Å². The van der Waals surface area contributed by atoms with E-state index in [-0.39, 0.29) is 5.56 Å². The highest BCUT2D eigenvalue weighted by atomic mass is 19.1. The smallest absolute Gasteiger partial charge is 0.289 e.